The van der Waals surface area contributed by atoms with E-state index in [2.05, 4.69) is 29.4 Å². The zero-order valence-electron chi connectivity index (χ0n) is 19.1. The molecule has 2 atom stereocenters. The van der Waals surface area contributed by atoms with Crippen molar-refractivity contribution in [2.45, 2.75) is 58.9 Å². The van der Waals surface area contributed by atoms with Crippen molar-refractivity contribution in [3.05, 3.63) is 65.2 Å². The lowest BCUT2D eigenvalue weighted by atomic mass is 10.1. The molecule has 1 aliphatic heterocycles. The molecule has 31 heavy (non-hydrogen) atoms. The molecule has 2 unspecified atom stereocenters. The van der Waals surface area contributed by atoms with Gasteiger partial charge in [-0.05, 0) is 76.6 Å². The number of hydrogen-bond donors (Lipinski definition) is 2. The van der Waals surface area contributed by atoms with Crippen molar-refractivity contribution in [2.75, 3.05) is 18.4 Å². The van der Waals surface area contributed by atoms with Gasteiger partial charge >= 0.3 is 0 Å². The van der Waals surface area contributed by atoms with Gasteiger partial charge in [0.1, 0.15) is 0 Å². The van der Waals surface area contributed by atoms with Crippen molar-refractivity contribution in [1.82, 2.24) is 10.2 Å². The van der Waals surface area contributed by atoms with Crippen LogP contribution in [0.1, 0.15) is 60.9 Å². The minimum atomic E-state index is -0.297. The van der Waals surface area contributed by atoms with Crippen LogP contribution in [-0.4, -0.2) is 47.6 Å². The lowest BCUT2D eigenvalue weighted by Gasteiger charge is -2.35. The highest BCUT2D eigenvalue weighted by molar-refractivity contribution is 6.04. The number of amides is 2. The maximum absolute atomic E-state index is 12.6. The van der Waals surface area contributed by atoms with Gasteiger partial charge in [0.2, 0.25) is 0 Å². The molecular weight excluding hydrogens is 390 g/mol. The first kappa shape index (κ1) is 23.0. The Hall–Kier alpha value is -2.70. The highest BCUT2D eigenvalue weighted by atomic mass is 16.5. The predicted octanol–water partition coefficient (Wildman–Crippen LogP) is 4.08. The van der Waals surface area contributed by atoms with Gasteiger partial charge < -0.3 is 15.4 Å². The van der Waals surface area contributed by atoms with Crippen LogP contribution in [-0.2, 0) is 11.3 Å². The Balaban J connectivity index is 1.56. The first-order chi connectivity index (χ1) is 14.6. The molecule has 2 aromatic rings. The smallest absolute Gasteiger partial charge is 0.255 e. The average Bonchev–Trinajstić information content (AvgIpc) is 2.67. The van der Waals surface area contributed by atoms with Crippen LogP contribution in [0.25, 0.3) is 0 Å². The van der Waals surface area contributed by atoms with Crippen LogP contribution >= 0.6 is 0 Å². The molecule has 1 fully saturated rings. The number of anilines is 1. The largest absolute Gasteiger partial charge is 0.373 e. The van der Waals surface area contributed by atoms with E-state index in [1.807, 2.05) is 45.0 Å². The second-order valence-electron chi connectivity index (χ2n) is 9.38. The van der Waals surface area contributed by atoms with Crippen LogP contribution in [0.3, 0.4) is 0 Å². The molecule has 0 radical (unpaired) electrons. The summed E-state index contributed by atoms with van der Waals surface area (Å²) in [4.78, 5) is 27.2. The van der Waals surface area contributed by atoms with Crippen LogP contribution in [0.5, 0.6) is 0 Å². The topological polar surface area (TPSA) is 70.7 Å². The minimum Gasteiger partial charge on any atom is -0.373 e. The van der Waals surface area contributed by atoms with Gasteiger partial charge in [0, 0.05) is 42.0 Å². The van der Waals surface area contributed by atoms with E-state index in [-0.39, 0.29) is 29.6 Å². The van der Waals surface area contributed by atoms with Gasteiger partial charge in [-0.1, -0.05) is 12.1 Å². The van der Waals surface area contributed by atoms with Crippen LogP contribution in [0.15, 0.2) is 48.5 Å². The van der Waals surface area contributed by atoms with E-state index in [1.165, 1.54) is 5.56 Å². The van der Waals surface area contributed by atoms with E-state index in [9.17, 15) is 9.59 Å². The second kappa shape index (κ2) is 9.62. The van der Waals surface area contributed by atoms with E-state index < -0.39 is 0 Å². The number of morpholine rings is 1. The first-order valence-electron chi connectivity index (χ1n) is 10.8. The molecule has 1 saturated heterocycles. The van der Waals surface area contributed by atoms with E-state index >= 15 is 0 Å². The second-order valence-corrected chi connectivity index (χ2v) is 9.38. The Morgan fingerprint density at radius 2 is 1.42 bits per heavy atom. The zero-order chi connectivity index (χ0) is 22.6. The summed E-state index contributed by atoms with van der Waals surface area (Å²) in [6.07, 6.45) is 0.472. The van der Waals surface area contributed by atoms with Gasteiger partial charge in [-0.15, -0.1) is 0 Å². The highest BCUT2D eigenvalue weighted by Gasteiger charge is 2.22. The fraction of sp³-hybridized carbons (Fsp3) is 0.440. The maximum atomic E-state index is 12.6. The van der Waals surface area contributed by atoms with E-state index in [0.717, 1.165) is 19.6 Å². The van der Waals surface area contributed by atoms with Gasteiger partial charge in [-0.3, -0.25) is 14.5 Å². The van der Waals surface area contributed by atoms with Crippen LogP contribution in [0.4, 0.5) is 5.69 Å². The van der Waals surface area contributed by atoms with Gasteiger partial charge in [0.15, 0.2) is 0 Å². The molecule has 1 aliphatic rings. The Bertz CT molecular complexity index is 891. The molecule has 0 bridgehead atoms. The van der Waals surface area contributed by atoms with E-state index in [4.69, 9.17) is 4.74 Å². The normalized spacial score (nSPS) is 19.6. The minimum absolute atomic E-state index is 0.134. The number of carbonyl (C=O) groups is 2. The monoisotopic (exact) mass is 423 g/mol. The molecule has 0 saturated carbocycles. The van der Waals surface area contributed by atoms with Crippen molar-refractivity contribution in [2.24, 2.45) is 0 Å². The standard InChI is InChI=1S/C25H33N3O3/c1-17-14-28(15-18(2)31-17)16-19-6-8-20(9-7-19)23(29)26-22-12-10-21(11-13-22)24(30)27-25(3,4)5/h6-13,17-18H,14-16H2,1-5H3,(H,26,29)(H,27,30). The molecule has 0 spiro atoms. The molecule has 0 aromatic heterocycles. The van der Waals surface area contributed by atoms with Crippen LogP contribution in [0, 0.1) is 0 Å². The molecule has 2 amide bonds. The molecular formula is C25H33N3O3. The van der Waals surface area contributed by atoms with Gasteiger partial charge in [-0.2, -0.15) is 0 Å². The van der Waals surface area contributed by atoms with E-state index in [0.29, 0.717) is 16.8 Å². The predicted molar refractivity (Wildman–Crippen MR) is 123 cm³/mol. The molecule has 2 aromatic carbocycles. The molecule has 0 aliphatic carbocycles. The molecule has 166 valence electrons. The molecule has 3 rings (SSSR count). The van der Waals surface area contributed by atoms with Gasteiger partial charge in [-0.25, -0.2) is 0 Å². The third-order valence-corrected chi connectivity index (χ3v) is 5.01. The number of hydrogen-bond acceptors (Lipinski definition) is 4. The van der Waals surface area contributed by atoms with Crippen LogP contribution in [0.2, 0.25) is 0 Å². The van der Waals surface area contributed by atoms with Gasteiger partial charge in [0.05, 0.1) is 12.2 Å². The summed E-state index contributed by atoms with van der Waals surface area (Å²) in [5, 5.41) is 5.81. The number of nitrogens with one attached hydrogen (secondary N) is 2. The number of ether oxygens (including phenoxy) is 1. The maximum Gasteiger partial charge on any atom is 0.255 e. The summed E-state index contributed by atoms with van der Waals surface area (Å²) in [7, 11) is 0. The number of rotatable bonds is 5. The fourth-order valence-corrected chi connectivity index (χ4v) is 3.75. The number of benzene rings is 2. The lowest BCUT2D eigenvalue weighted by Crippen LogP contribution is -2.44. The Morgan fingerprint density at radius 1 is 0.903 bits per heavy atom. The summed E-state index contributed by atoms with van der Waals surface area (Å²) < 4.78 is 5.79. The van der Waals surface area contributed by atoms with Gasteiger partial charge in [0.25, 0.3) is 11.8 Å². The zero-order valence-corrected chi connectivity index (χ0v) is 19.1. The molecule has 1 heterocycles. The third kappa shape index (κ3) is 6.91. The summed E-state index contributed by atoms with van der Waals surface area (Å²) >= 11 is 0. The Kier molecular flexibility index (Phi) is 7.13. The van der Waals surface area contributed by atoms with Crippen molar-refractivity contribution in [3.63, 3.8) is 0 Å². The fourth-order valence-electron chi connectivity index (χ4n) is 3.75. The highest BCUT2D eigenvalue weighted by Crippen LogP contribution is 2.16. The summed E-state index contributed by atoms with van der Waals surface area (Å²) in [5.41, 5.74) is 2.68. The first-order valence-corrected chi connectivity index (χ1v) is 10.8. The molecule has 2 N–H and O–H groups in total. The lowest BCUT2D eigenvalue weighted by molar-refractivity contribution is -0.0704. The number of nitrogens with zero attached hydrogens (tertiary/aromatic N) is 1. The number of carbonyl (C=O) groups excluding carboxylic acids is 2. The quantitative estimate of drug-likeness (QED) is 0.760. The van der Waals surface area contributed by atoms with E-state index in [1.54, 1.807) is 24.3 Å². The molecule has 6 heteroatoms. The third-order valence-electron chi connectivity index (χ3n) is 5.01. The van der Waals surface area contributed by atoms with Crippen molar-refractivity contribution >= 4 is 17.5 Å². The Morgan fingerprint density at radius 3 is 1.97 bits per heavy atom. The Labute approximate surface area is 185 Å². The summed E-state index contributed by atoms with van der Waals surface area (Å²) in [5.74, 6) is -0.308. The van der Waals surface area contributed by atoms with Crippen molar-refractivity contribution < 1.29 is 14.3 Å². The van der Waals surface area contributed by atoms with Crippen molar-refractivity contribution in [1.29, 1.82) is 0 Å². The summed E-state index contributed by atoms with van der Waals surface area (Å²) in [6, 6.07) is 14.6. The van der Waals surface area contributed by atoms with Crippen molar-refractivity contribution in [3.8, 4) is 0 Å². The SMILES string of the molecule is CC1CN(Cc2ccc(C(=O)Nc3ccc(C(=O)NC(C)(C)C)cc3)cc2)CC(C)O1. The average molecular weight is 424 g/mol. The molecule has 6 nitrogen and oxygen atoms in total. The van der Waals surface area contributed by atoms with Crippen LogP contribution < -0.4 is 10.6 Å². The summed E-state index contributed by atoms with van der Waals surface area (Å²) in [6.45, 7) is 12.7.